The number of nitrogens with one attached hydrogen (secondary N) is 1. The standard InChI is InChI=1S/C24H25BrN2O4/c1-5-30-22-11-16(10-20(25)23(22)31-15(2)3)14-26-27-24(28)19-12-17-8-6-7-9-18(17)13-21(19)29-4/h6-15H,5H2,1-4H3,(H,27,28). The van der Waals surface area contributed by atoms with Gasteiger partial charge in [-0.1, -0.05) is 24.3 Å². The van der Waals surface area contributed by atoms with Gasteiger partial charge in [-0.2, -0.15) is 5.10 Å². The van der Waals surface area contributed by atoms with Crippen LogP contribution in [0.15, 0.2) is 58.1 Å². The first-order valence-corrected chi connectivity index (χ1v) is 10.8. The van der Waals surface area contributed by atoms with Crippen LogP contribution in [0.5, 0.6) is 17.2 Å². The molecule has 3 aromatic rings. The first-order valence-electron chi connectivity index (χ1n) is 9.96. The summed E-state index contributed by atoms with van der Waals surface area (Å²) in [6.45, 7) is 6.31. The third kappa shape index (κ3) is 5.55. The van der Waals surface area contributed by atoms with Crippen molar-refractivity contribution in [1.82, 2.24) is 5.43 Å². The topological polar surface area (TPSA) is 69.2 Å². The van der Waals surface area contributed by atoms with Gasteiger partial charge in [0.1, 0.15) is 5.75 Å². The van der Waals surface area contributed by atoms with Crippen LogP contribution in [0.25, 0.3) is 10.8 Å². The number of amides is 1. The Hall–Kier alpha value is -3.06. The number of carbonyl (C=O) groups is 1. The number of rotatable bonds is 8. The predicted molar refractivity (Wildman–Crippen MR) is 127 cm³/mol. The lowest BCUT2D eigenvalue weighted by molar-refractivity contribution is 0.0952. The summed E-state index contributed by atoms with van der Waals surface area (Å²) in [7, 11) is 1.54. The number of hydrogen-bond donors (Lipinski definition) is 1. The van der Waals surface area contributed by atoms with Crippen molar-refractivity contribution < 1.29 is 19.0 Å². The molecular formula is C24H25BrN2O4. The van der Waals surface area contributed by atoms with E-state index in [0.717, 1.165) is 20.8 Å². The van der Waals surface area contributed by atoms with Crippen molar-refractivity contribution in [1.29, 1.82) is 0 Å². The fourth-order valence-corrected chi connectivity index (χ4v) is 3.62. The third-order valence-corrected chi connectivity index (χ3v) is 4.97. The lowest BCUT2D eigenvalue weighted by atomic mass is 10.1. The summed E-state index contributed by atoms with van der Waals surface area (Å²) in [5.41, 5.74) is 3.73. The zero-order chi connectivity index (χ0) is 22.4. The fraction of sp³-hybridized carbons (Fsp3) is 0.250. The first-order chi connectivity index (χ1) is 14.9. The molecule has 0 aliphatic rings. The average Bonchev–Trinajstić information content (AvgIpc) is 2.75. The molecule has 0 unspecified atom stereocenters. The summed E-state index contributed by atoms with van der Waals surface area (Å²) in [4.78, 5) is 12.7. The van der Waals surface area contributed by atoms with E-state index in [-0.39, 0.29) is 12.0 Å². The molecule has 0 saturated heterocycles. The Morgan fingerprint density at radius 1 is 1.13 bits per heavy atom. The summed E-state index contributed by atoms with van der Waals surface area (Å²) in [5.74, 6) is 1.37. The minimum Gasteiger partial charge on any atom is -0.496 e. The molecule has 0 spiro atoms. The average molecular weight is 485 g/mol. The molecule has 6 nitrogen and oxygen atoms in total. The minimum atomic E-state index is -0.359. The second kappa shape index (κ2) is 10.3. The summed E-state index contributed by atoms with van der Waals surface area (Å²) < 4.78 is 17.7. The number of halogens is 1. The highest BCUT2D eigenvalue weighted by molar-refractivity contribution is 9.10. The van der Waals surface area contributed by atoms with Gasteiger partial charge in [-0.3, -0.25) is 4.79 Å². The maximum Gasteiger partial charge on any atom is 0.275 e. The van der Waals surface area contributed by atoms with Gasteiger partial charge in [0, 0.05) is 0 Å². The van der Waals surface area contributed by atoms with Crippen molar-refractivity contribution in [3.05, 3.63) is 64.1 Å². The Kier molecular flexibility index (Phi) is 7.52. The molecule has 0 aliphatic heterocycles. The highest BCUT2D eigenvalue weighted by Gasteiger charge is 2.15. The smallest absolute Gasteiger partial charge is 0.275 e. The molecule has 3 rings (SSSR count). The van der Waals surface area contributed by atoms with Gasteiger partial charge < -0.3 is 14.2 Å². The van der Waals surface area contributed by atoms with Gasteiger partial charge in [-0.25, -0.2) is 5.43 Å². The van der Waals surface area contributed by atoms with Crippen LogP contribution >= 0.6 is 15.9 Å². The Morgan fingerprint density at radius 3 is 2.48 bits per heavy atom. The molecule has 0 fully saturated rings. The van der Waals surface area contributed by atoms with Crippen molar-refractivity contribution >= 4 is 38.8 Å². The third-order valence-electron chi connectivity index (χ3n) is 4.38. The van der Waals surface area contributed by atoms with Gasteiger partial charge in [0.25, 0.3) is 5.91 Å². The van der Waals surface area contributed by atoms with E-state index >= 15 is 0 Å². The van der Waals surface area contributed by atoms with E-state index in [9.17, 15) is 4.79 Å². The monoisotopic (exact) mass is 484 g/mol. The Labute approximate surface area is 190 Å². The zero-order valence-electron chi connectivity index (χ0n) is 17.9. The molecular weight excluding hydrogens is 460 g/mol. The second-order valence-corrected chi connectivity index (χ2v) is 7.88. The van der Waals surface area contributed by atoms with Crippen molar-refractivity contribution in [3.63, 3.8) is 0 Å². The molecule has 1 N–H and O–H groups in total. The zero-order valence-corrected chi connectivity index (χ0v) is 19.5. The van der Waals surface area contributed by atoms with Crippen LogP contribution in [0.3, 0.4) is 0 Å². The number of fused-ring (bicyclic) bond motifs is 1. The van der Waals surface area contributed by atoms with E-state index in [4.69, 9.17) is 14.2 Å². The number of hydrogen-bond acceptors (Lipinski definition) is 5. The SMILES string of the molecule is CCOc1cc(C=NNC(=O)c2cc3ccccc3cc2OC)cc(Br)c1OC(C)C. The Bertz CT molecular complexity index is 1110. The van der Waals surface area contributed by atoms with Crippen LogP contribution in [-0.4, -0.2) is 31.9 Å². The lowest BCUT2D eigenvalue weighted by Crippen LogP contribution is -2.18. The number of carbonyl (C=O) groups excluding carboxylic acids is 1. The van der Waals surface area contributed by atoms with Crippen molar-refractivity contribution in [2.24, 2.45) is 5.10 Å². The van der Waals surface area contributed by atoms with E-state index in [1.54, 1.807) is 12.3 Å². The predicted octanol–water partition coefficient (Wildman–Crippen LogP) is 5.56. The molecule has 0 radical (unpaired) electrons. The van der Waals surface area contributed by atoms with Crippen LogP contribution < -0.4 is 19.6 Å². The van der Waals surface area contributed by atoms with Crippen LogP contribution in [0.4, 0.5) is 0 Å². The van der Waals surface area contributed by atoms with Gasteiger partial charge >= 0.3 is 0 Å². The van der Waals surface area contributed by atoms with E-state index in [0.29, 0.717) is 29.4 Å². The van der Waals surface area contributed by atoms with Gasteiger partial charge in [0.2, 0.25) is 0 Å². The number of methoxy groups -OCH3 is 1. The molecule has 7 heteroatoms. The largest absolute Gasteiger partial charge is 0.496 e. The Morgan fingerprint density at radius 2 is 1.84 bits per heavy atom. The van der Waals surface area contributed by atoms with Gasteiger partial charge in [0.05, 0.1) is 36.1 Å². The molecule has 0 atom stereocenters. The molecule has 162 valence electrons. The molecule has 31 heavy (non-hydrogen) atoms. The second-order valence-electron chi connectivity index (χ2n) is 7.03. The number of benzene rings is 3. The van der Waals surface area contributed by atoms with Gasteiger partial charge in [0.15, 0.2) is 11.5 Å². The van der Waals surface area contributed by atoms with Crippen LogP contribution in [0.1, 0.15) is 36.7 Å². The van der Waals surface area contributed by atoms with E-state index in [1.165, 1.54) is 7.11 Å². The van der Waals surface area contributed by atoms with Crippen molar-refractivity contribution in [3.8, 4) is 17.2 Å². The van der Waals surface area contributed by atoms with Crippen molar-refractivity contribution in [2.45, 2.75) is 26.9 Å². The molecule has 0 aromatic heterocycles. The first kappa shape index (κ1) is 22.6. The quantitative estimate of drug-likeness (QED) is 0.335. The van der Waals surface area contributed by atoms with Crippen LogP contribution in [0, 0.1) is 0 Å². The number of ether oxygens (including phenoxy) is 3. The molecule has 0 saturated carbocycles. The van der Waals surface area contributed by atoms with Crippen LogP contribution in [0.2, 0.25) is 0 Å². The number of nitrogens with zero attached hydrogens (tertiary/aromatic N) is 1. The maximum atomic E-state index is 12.7. The minimum absolute atomic E-state index is 0.00578. The lowest BCUT2D eigenvalue weighted by Gasteiger charge is -2.16. The van der Waals surface area contributed by atoms with Crippen molar-refractivity contribution in [2.75, 3.05) is 13.7 Å². The van der Waals surface area contributed by atoms with E-state index in [1.807, 2.05) is 63.2 Å². The normalized spacial score (nSPS) is 11.2. The fourth-order valence-electron chi connectivity index (χ4n) is 3.07. The van der Waals surface area contributed by atoms with E-state index in [2.05, 4.69) is 26.5 Å². The highest BCUT2D eigenvalue weighted by atomic mass is 79.9. The van der Waals surface area contributed by atoms with Gasteiger partial charge in [-0.15, -0.1) is 0 Å². The molecule has 0 heterocycles. The highest BCUT2D eigenvalue weighted by Crippen LogP contribution is 2.37. The summed E-state index contributed by atoms with van der Waals surface area (Å²) in [6.07, 6.45) is 1.56. The maximum absolute atomic E-state index is 12.7. The van der Waals surface area contributed by atoms with Crippen LogP contribution in [-0.2, 0) is 0 Å². The summed E-state index contributed by atoms with van der Waals surface area (Å²) in [6, 6.07) is 15.1. The molecule has 1 amide bonds. The molecule has 0 aliphatic carbocycles. The molecule has 3 aromatic carbocycles. The Balaban J connectivity index is 1.81. The van der Waals surface area contributed by atoms with E-state index < -0.39 is 0 Å². The summed E-state index contributed by atoms with van der Waals surface area (Å²) in [5, 5.41) is 6.05. The summed E-state index contributed by atoms with van der Waals surface area (Å²) >= 11 is 3.53. The van der Waals surface area contributed by atoms with Gasteiger partial charge in [-0.05, 0) is 77.3 Å². The number of hydrazone groups is 1. The molecule has 0 bridgehead atoms.